The highest BCUT2D eigenvalue weighted by molar-refractivity contribution is 5.74. The first-order valence-electron chi connectivity index (χ1n) is 7.80. The summed E-state index contributed by atoms with van der Waals surface area (Å²) in [5.41, 5.74) is 1.95. The first-order chi connectivity index (χ1) is 10.9. The zero-order chi connectivity index (χ0) is 17.4. The smallest absolute Gasteiger partial charge is 0.220 e. The lowest BCUT2D eigenvalue weighted by atomic mass is 10.0. The van der Waals surface area contributed by atoms with Crippen LogP contribution in [-0.2, 0) is 11.3 Å². The second kappa shape index (κ2) is 9.03. The number of benzene rings is 1. The average Bonchev–Trinajstić information content (AvgIpc) is 2.49. The maximum Gasteiger partial charge on any atom is 0.220 e. The van der Waals surface area contributed by atoms with Gasteiger partial charge in [0.1, 0.15) is 0 Å². The van der Waals surface area contributed by atoms with Gasteiger partial charge in [-0.2, -0.15) is 0 Å². The number of amides is 1. The zero-order valence-corrected chi connectivity index (χ0v) is 14.8. The Balaban J connectivity index is 3.35. The molecular formula is C19H27NO3. The molecule has 0 atom stereocenters. The van der Waals surface area contributed by atoms with Gasteiger partial charge in [0, 0.05) is 25.6 Å². The molecule has 0 aliphatic rings. The molecule has 0 radical (unpaired) electrons. The maximum atomic E-state index is 11.8. The molecule has 0 bridgehead atoms. The summed E-state index contributed by atoms with van der Waals surface area (Å²) < 4.78 is 11.4. The number of ether oxygens (including phenoxy) is 2. The Morgan fingerprint density at radius 1 is 1.39 bits per heavy atom. The topological polar surface area (TPSA) is 38.8 Å². The van der Waals surface area contributed by atoms with Gasteiger partial charge in [-0.3, -0.25) is 4.79 Å². The van der Waals surface area contributed by atoms with Gasteiger partial charge in [0.15, 0.2) is 11.5 Å². The maximum absolute atomic E-state index is 11.8. The molecule has 0 fully saturated rings. The standard InChI is InChI=1S/C19H27NO3/c1-7-9-17-16(13-20(12-8-2)15(5)21)10-11-18(22-6)19(17)23-14(3)4/h7-11,14H,2,12-13H2,1,3-6H3/b9-7+. The van der Waals surface area contributed by atoms with Gasteiger partial charge in [-0.15, -0.1) is 6.58 Å². The lowest BCUT2D eigenvalue weighted by molar-refractivity contribution is -0.128. The molecule has 126 valence electrons. The molecule has 0 N–H and O–H groups in total. The van der Waals surface area contributed by atoms with Gasteiger partial charge < -0.3 is 14.4 Å². The molecule has 23 heavy (non-hydrogen) atoms. The van der Waals surface area contributed by atoms with Crippen LogP contribution in [-0.4, -0.2) is 30.6 Å². The number of methoxy groups -OCH3 is 1. The van der Waals surface area contributed by atoms with Crippen LogP contribution >= 0.6 is 0 Å². The highest BCUT2D eigenvalue weighted by atomic mass is 16.5. The molecule has 0 spiro atoms. The molecule has 1 aromatic carbocycles. The predicted molar refractivity (Wildman–Crippen MR) is 94.8 cm³/mol. The first kappa shape index (κ1) is 18.8. The summed E-state index contributed by atoms with van der Waals surface area (Å²) in [4.78, 5) is 13.5. The van der Waals surface area contributed by atoms with Crippen molar-refractivity contribution in [1.29, 1.82) is 0 Å². The van der Waals surface area contributed by atoms with Gasteiger partial charge in [-0.1, -0.05) is 24.3 Å². The SMILES string of the molecule is C=CCN(Cc1ccc(OC)c(OC(C)C)c1/C=C/C)C(C)=O. The van der Waals surface area contributed by atoms with E-state index >= 15 is 0 Å². The van der Waals surface area contributed by atoms with E-state index in [0.717, 1.165) is 11.1 Å². The van der Waals surface area contributed by atoms with Crippen LogP contribution in [0.5, 0.6) is 11.5 Å². The van der Waals surface area contributed by atoms with E-state index in [1.165, 1.54) is 0 Å². The van der Waals surface area contributed by atoms with Crippen LogP contribution in [0.4, 0.5) is 0 Å². The fraction of sp³-hybridized carbons (Fsp3) is 0.421. The second-order valence-electron chi connectivity index (χ2n) is 5.52. The summed E-state index contributed by atoms with van der Waals surface area (Å²) in [5, 5.41) is 0. The summed E-state index contributed by atoms with van der Waals surface area (Å²) in [6.45, 7) is 12.2. The van der Waals surface area contributed by atoms with Crippen molar-refractivity contribution in [2.24, 2.45) is 0 Å². The molecule has 4 heteroatoms. The summed E-state index contributed by atoms with van der Waals surface area (Å²) in [5.74, 6) is 1.41. The minimum absolute atomic E-state index is 0.0125. The third-order valence-corrected chi connectivity index (χ3v) is 3.31. The molecule has 0 saturated heterocycles. The van der Waals surface area contributed by atoms with E-state index in [-0.39, 0.29) is 12.0 Å². The first-order valence-corrected chi connectivity index (χ1v) is 7.80. The van der Waals surface area contributed by atoms with Crippen molar-refractivity contribution < 1.29 is 14.3 Å². The number of allylic oxidation sites excluding steroid dienone is 1. The molecule has 4 nitrogen and oxygen atoms in total. The Bertz CT molecular complexity index is 576. The van der Waals surface area contributed by atoms with Crippen LogP contribution in [0, 0.1) is 0 Å². The fourth-order valence-electron chi connectivity index (χ4n) is 2.29. The Kier molecular flexibility index (Phi) is 7.39. The highest BCUT2D eigenvalue weighted by Gasteiger charge is 2.17. The highest BCUT2D eigenvalue weighted by Crippen LogP contribution is 2.36. The van der Waals surface area contributed by atoms with Crippen LogP contribution in [0.2, 0.25) is 0 Å². The van der Waals surface area contributed by atoms with Crippen LogP contribution < -0.4 is 9.47 Å². The molecule has 1 aromatic rings. The molecule has 0 saturated carbocycles. The summed E-state index contributed by atoms with van der Waals surface area (Å²) in [6, 6.07) is 3.85. The largest absolute Gasteiger partial charge is 0.493 e. The van der Waals surface area contributed by atoms with E-state index in [1.807, 2.05) is 45.1 Å². The molecule has 0 aromatic heterocycles. The van der Waals surface area contributed by atoms with Gasteiger partial charge >= 0.3 is 0 Å². The molecule has 1 amide bonds. The van der Waals surface area contributed by atoms with Gasteiger partial charge in [-0.05, 0) is 32.4 Å². The Morgan fingerprint density at radius 2 is 2.09 bits per heavy atom. The average molecular weight is 317 g/mol. The number of carbonyl (C=O) groups is 1. The van der Waals surface area contributed by atoms with Crippen LogP contribution in [0.25, 0.3) is 6.08 Å². The number of hydrogen-bond acceptors (Lipinski definition) is 3. The molecule has 0 aliphatic heterocycles. The lowest BCUT2D eigenvalue weighted by Crippen LogP contribution is -2.28. The number of hydrogen-bond donors (Lipinski definition) is 0. The summed E-state index contributed by atoms with van der Waals surface area (Å²) in [6.07, 6.45) is 5.70. The van der Waals surface area contributed by atoms with Crippen LogP contribution in [0.3, 0.4) is 0 Å². The van der Waals surface area contributed by atoms with Gasteiger partial charge in [0.2, 0.25) is 5.91 Å². The Hall–Kier alpha value is -2.23. The van der Waals surface area contributed by atoms with E-state index in [0.29, 0.717) is 24.6 Å². The summed E-state index contributed by atoms with van der Waals surface area (Å²) in [7, 11) is 1.63. The normalized spacial score (nSPS) is 10.9. The molecule has 0 heterocycles. The number of rotatable bonds is 8. The van der Waals surface area contributed by atoms with Crippen LogP contribution in [0.15, 0.2) is 30.9 Å². The van der Waals surface area contributed by atoms with E-state index in [4.69, 9.17) is 9.47 Å². The lowest BCUT2D eigenvalue weighted by Gasteiger charge is -2.23. The Morgan fingerprint density at radius 3 is 2.57 bits per heavy atom. The third-order valence-electron chi connectivity index (χ3n) is 3.31. The van der Waals surface area contributed by atoms with E-state index in [1.54, 1.807) is 25.0 Å². The van der Waals surface area contributed by atoms with Crippen molar-refractivity contribution in [3.63, 3.8) is 0 Å². The third kappa shape index (κ3) is 5.16. The zero-order valence-electron chi connectivity index (χ0n) is 14.8. The summed E-state index contributed by atoms with van der Waals surface area (Å²) >= 11 is 0. The van der Waals surface area contributed by atoms with E-state index in [2.05, 4.69) is 6.58 Å². The van der Waals surface area contributed by atoms with Crippen molar-refractivity contribution in [3.8, 4) is 11.5 Å². The van der Waals surface area contributed by atoms with Crippen molar-refractivity contribution in [1.82, 2.24) is 4.90 Å². The van der Waals surface area contributed by atoms with Crippen molar-refractivity contribution in [3.05, 3.63) is 42.0 Å². The van der Waals surface area contributed by atoms with Gasteiger partial charge in [0.25, 0.3) is 0 Å². The molecule has 1 rings (SSSR count). The van der Waals surface area contributed by atoms with Gasteiger partial charge in [-0.25, -0.2) is 0 Å². The minimum atomic E-state index is 0.0125. The molecule has 0 aliphatic carbocycles. The quantitative estimate of drug-likeness (QED) is 0.679. The van der Waals surface area contributed by atoms with E-state index in [9.17, 15) is 4.79 Å². The molecular weight excluding hydrogens is 290 g/mol. The Labute approximate surface area is 139 Å². The van der Waals surface area contributed by atoms with Crippen LogP contribution in [0.1, 0.15) is 38.8 Å². The minimum Gasteiger partial charge on any atom is -0.493 e. The van der Waals surface area contributed by atoms with Crippen molar-refractivity contribution >= 4 is 12.0 Å². The monoisotopic (exact) mass is 317 g/mol. The fourth-order valence-corrected chi connectivity index (χ4v) is 2.29. The van der Waals surface area contributed by atoms with Gasteiger partial charge in [0.05, 0.1) is 13.2 Å². The van der Waals surface area contributed by atoms with Crippen molar-refractivity contribution in [2.75, 3.05) is 13.7 Å². The van der Waals surface area contributed by atoms with Crippen molar-refractivity contribution in [2.45, 2.75) is 40.3 Å². The second-order valence-corrected chi connectivity index (χ2v) is 5.52. The number of carbonyl (C=O) groups excluding carboxylic acids is 1. The van der Waals surface area contributed by atoms with E-state index < -0.39 is 0 Å². The number of nitrogens with zero attached hydrogens (tertiary/aromatic N) is 1. The molecule has 0 unspecified atom stereocenters. The predicted octanol–water partition coefficient (Wildman–Crippen LogP) is 4.05.